The lowest BCUT2D eigenvalue weighted by Gasteiger charge is -2.12. The van der Waals surface area contributed by atoms with Crippen molar-refractivity contribution in [2.24, 2.45) is 5.73 Å². The maximum Gasteiger partial charge on any atom is 0.270 e. The molecule has 2 amide bonds. The standard InChI is InChI=1S/C17H15N5O2/c18-15(23)13-9-20-22-14(5-6-19-16(13)22)17(24)21-12-7-10-3-1-2-4-11(10)8-12/h1-6,9,12H,7-8H2,(H2,18,23)(H,21,24). The van der Waals surface area contributed by atoms with Crippen LogP contribution in [0.1, 0.15) is 32.0 Å². The van der Waals surface area contributed by atoms with Gasteiger partial charge in [0, 0.05) is 12.2 Å². The minimum Gasteiger partial charge on any atom is -0.365 e. The molecule has 7 heteroatoms. The Labute approximate surface area is 137 Å². The van der Waals surface area contributed by atoms with Gasteiger partial charge in [-0.05, 0) is 30.0 Å². The average Bonchev–Trinajstić information content (AvgIpc) is 3.17. The topological polar surface area (TPSA) is 102 Å². The predicted octanol–water partition coefficient (Wildman–Crippen LogP) is 0.725. The molecule has 0 fully saturated rings. The zero-order valence-electron chi connectivity index (χ0n) is 12.8. The molecule has 7 nitrogen and oxygen atoms in total. The van der Waals surface area contributed by atoms with Gasteiger partial charge >= 0.3 is 0 Å². The summed E-state index contributed by atoms with van der Waals surface area (Å²) in [7, 11) is 0. The number of rotatable bonds is 3. The highest BCUT2D eigenvalue weighted by Crippen LogP contribution is 2.22. The van der Waals surface area contributed by atoms with E-state index >= 15 is 0 Å². The van der Waals surface area contributed by atoms with Crippen LogP contribution in [0.3, 0.4) is 0 Å². The van der Waals surface area contributed by atoms with Crippen LogP contribution in [0.25, 0.3) is 5.65 Å². The highest BCUT2D eigenvalue weighted by molar-refractivity contribution is 5.99. The van der Waals surface area contributed by atoms with Crippen molar-refractivity contribution in [2.75, 3.05) is 0 Å². The summed E-state index contributed by atoms with van der Waals surface area (Å²) >= 11 is 0. The number of nitrogens with zero attached hydrogens (tertiary/aromatic N) is 3. The molecule has 4 rings (SSSR count). The lowest BCUT2D eigenvalue weighted by atomic mass is 10.1. The van der Waals surface area contributed by atoms with Gasteiger partial charge in [-0.3, -0.25) is 9.59 Å². The van der Waals surface area contributed by atoms with Crippen LogP contribution >= 0.6 is 0 Å². The summed E-state index contributed by atoms with van der Waals surface area (Å²) in [5.74, 6) is -0.874. The fourth-order valence-corrected chi connectivity index (χ4v) is 3.16. The summed E-state index contributed by atoms with van der Waals surface area (Å²) in [4.78, 5) is 28.1. The second-order valence-corrected chi connectivity index (χ2v) is 5.84. The first-order valence-corrected chi connectivity index (χ1v) is 7.63. The maximum absolute atomic E-state index is 12.6. The lowest BCUT2D eigenvalue weighted by molar-refractivity contribution is 0.0929. The molecular weight excluding hydrogens is 306 g/mol. The Balaban J connectivity index is 1.60. The summed E-state index contributed by atoms with van der Waals surface area (Å²) in [5.41, 5.74) is 8.62. The van der Waals surface area contributed by atoms with Gasteiger partial charge < -0.3 is 11.1 Å². The van der Waals surface area contributed by atoms with Gasteiger partial charge in [0.05, 0.1) is 6.20 Å². The van der Waals surface area contributed by atoms with E-state index in [1.807, 2.05) is 12.1 Å². The number of fused-ring (bicyclic) bond motifs is 2. The fourth-order valence-electron chi connectivity index (χ4n) is 3.16. The van der Waals surface area contributed by atoms with E-state index in [0.717, 1.165) is 12.8 Å². The lowest BCUT2D eigenvalue weighted by Crippen LogP contribution is -2.36. The minimum absolute atomic E-state index is 0.0456. The number of hydrogen-bond acceptors (Lipinski definition) is 4. The predicted molar refractivity (Wildman–Crippen MR) is 86.6 cm³/mol. The van der Waals surface area contributed by atoms with Crippen molar-refractivity contribution in [3.8, 4) is 0 Å². The fraction of sp³-hybridized carbons (Fsp3) is 0.176. The molecule has 0 saturated carbocycles. The third kappa shape index (κ3) is 2.30. The van der Waals surface area contributed by atoms with E-state index in [4.69, 9.17) is 5.73 Å². The van der Waals surface area contributed by atoms with Crippen LogP contribution in [-0.2, 0) is 12.8 Å². The van der Waals surface area contributed by atoms with Crippen molar-refractivity contribution in [1.29, 1.82) is 0 Å². The van der Waals surface area contributed by atoms with Crippen molar-refractivity contribution in [1.82, 2.24) is 19.9 Å². The number of benzene rings is 1. The maximum atomic E-state index is 12.6. The number of nitrogens with two attached hydrogens (primary N) is 1. The summed E-state index contributed by atoms with van der Waals surface area (Å²) in [5, 5.41) is 7.10. The van der Waals surface area contributed by atoms with Gasteiger partial charge in [-0.15, -0.1) is 0 Å². The Morgan fingerprint density at radius 2 is 1.88 bits per heavy atom. The van der Waals surface area contributed by atoms with Crippen molar-refractivity contribution >= 4 is 17.5 Å². The van der Waals surface area contributed by atoms with E-state index in [9.17, 15) is 9.59 Å². The highest BCUT2D eigenvalue weighted by atomic mass is 16.2. The smallest absolute Gasteiger partial charge is 0.270 e. The molecule has 1 aliphatic carbocycles. The van der Waals surface area contributed by atoms with Crippen LogP contribution in [0.5, 0.6) is 0 Å². The van der Waals surface area contributed by atoms with Crippen molar-refractivity contribution in [2.45, 2.75) is 18.9 Å². The second-order valence-electron chi connectivity index (χ2n) is 5.84. The molecule has 3 N–H and O–H groups in total. The molecule has 1 aromatic carbocycles. The molecule has 0 aliphatic heterocycles. The van der Waals surface area contributed by atoms with Gasteiger partial charge in [-0.2, -0.15) is 5.10 Å². The second kappa shape index (κ2) is 5.45. The Bertz CT molecular complexity index is 938. The van der Waals surface area contributed by atoms with Gasteiger partial charge in [-0.25, -0.2) is 9.50 Å². The van der Waals surface area contributed by atoms with Crippen LogP contribution in [-0.4, -0.2) is 32.5 Å². The van der Waals surface area contributed by atoms with Gasteiger partial charge in [0.25, 0.3) is 11.8 Å². The van der Waals surface area contributed by atoms with E-state index in [1.165, 1.54) is 28.0 Å². The summed E-state index contributed by atoms with van der Waals surface area (Å²) < 4.78 is 1.34. The molecule has 2 aromatic heterocycles. The molecule has 0 radical (unpaired) electrons. The van der Waals surface area contributed by atoms with Gasteiger partial charge in [0.1, 0.15) is 11.3 Å². The molecule has 2 heterocycles. The molecule has 0 atom stereocenters. The van der Waals surface area contributed by atoms with E-state index in [2.05, 4.69) is 27.5 Å². The molecule has 0 saturated heterocycles. The number of nitrogens with one attached hydrogen (secondary N) is 1. The quantitative estimate of drug-likeness (QED) is 0.742. The number of hydrogen-bond donors (Lipinski definition) is 2. The Morgan fingerprint density at radius 1 is 1.17 bits per heavy atom. The first-order valence-electron chi connectivity index (χ1n) is 7.63. The van der Waals surface area contributed by atoms with Gasteiger partial charge in [0.2, 0.25) is 0 Å². The van der Waals surface area contributed by atoms with Crippen LogP contribution in [0, 0.1) is 0 Å². The molecule has 24 heavy (non-hydrogen) atoms. The number of carbonyl (C=O) groups excluding carboxylic acids is 2. The monoisotopic (exact) mass is 321 g/mol. The average molecular weight is 321 g/mol. The molecule has 120 valence electrons. The van der Waals surface area contributed by atoms with Gasteiger partial charge in [-0.1, -0.05) is 24.3 Å². The zero-order chi connectivity index (χ0) is 16.7. The largest absolute Gasteiger partial charge is 0.365 e. The SMILES string of the molecule is NC(=O)c1cnn2c(C(=O)NC3Cc4ccccc4C3)ccnc12. The molecule has 0 unspecified atom stereocenters. The Hall–Kier alpha value is -3.22. The highest BCUT2D eigenvalue weighted by Gasteiger charge is 2.24. The van der Waals surface area contributed by atoms with Crippen molar-refractivity contribution in [3.05, 3.63) is 65.1 Å². The molecule has 0 spiro atoms. The number of primary amides is 1. The molecule has 3 aromatic rings. The van der Waals surface area contributed by atoms with Crippen LogP contribution in [0.4, 0.5) is 0 Å². The normalized spacial score (nSPS) is 13.8. The van der Waals surface area contributed by atoms with Gasteiger partial charge in [0.15, 0.2) is 5.65 Å². The number of aromatic nitrogens is 3. The summed E-state index contributed by atoms with van der Waals surface area (Å²) in [6.45, 7) is 0. The van der Waals surface area contributed by atoms with Crippen LogP contribution in [0.2, 0.25) is 0 Å². The third-order valence-electron chi connectivity index (χ3n) is 4.29. The Kier molecular flexibility index (Phi) is 3.26. The summed E-state index contributed by atoms with van der Waals surface area (Å²) in [6.07, 6.45) is 4.41. The zero-order valence-corrected chi connectivity index (χ0v) is 12.8. The van der Waals surface area contributed by atoms with E-state index in [0.29, 0.717) is 5.69 Å². The Morgan fingerprint density at radius 3 is 2.54 bits per heavy atom. The number of carbonyl (C=O) groups is 2. The minimum atomic E-state index is -0.624. The third-order valence-corrected chi connectivity index (χ3v) is 4.29. The van der Waals surface area contributed by atoms with E-state index < -0.39 is 5.91 Å². The van der Waals surface area contributed by atoms with Crippen LogP contribution < -0.4 is 11.1 Å². The first-order chi connectivity index (χ1) is 11.6. The van der Waals surface area contributed by atoms with Crippen molar-refractivity contribution < 1.29 is 9.59 Å². The van der Waals surface area contributed by atoms with Crippen LogP contribution in [0.15, 0.2) is 42.7 Å². The van der Waals surface area contributed by atoms with E-state index in [-0.39, 0.29) is 23.2 Å². The molecule has 1 aliphatic rings. The number of amides is 2. The van der Waals surface area contributed by atoms with Crippen molar-refractivity contribution in [3.63, 3.8) is 0 Å². The molecule has 0 bridgehead atoms. The first kappa shape index (κ1) is 14.4. The molecular formula is C17H15N5O2. The summed E-state index contributed by atoms with van der Waals surface area (Å²) in [6, 6.07) is 9.79. The van der Waals surface area contributed by atoms with E-state index in [1.54, 1.807) is 6.07 Å².